The van der Waals surface area contributed by atoms with Crippen molar-refractivity contribution in [1.29, 1.82) is 0 Å². The molecule has 0 spiro atoms. The van der Waals surface area contributed by atoms with Gasteiger partial charge in [-0.05, 0) is 190 Å². The van der Waals surface area contributed by atoms with Gasteiger partial charge in [0.1, 0.15) is 0 Å². The fourth-order valence-electron chi connectivity index (χ4n) is 12.3. The molecular weight excluding hydrogens is 1760 g/mol. The van der Waals surface area contributed by atoms with Crippen molar-refractivity contribution in [3.8, 4) is 123 Å². The van der Waals surface area contributed by atoms with Gasteiger partial charge >= 0.3 is 0 Å². The second kappa shape index (κ2) is 36.4. The van der Waals surface area contributed by atoms with Gasteiger partial charge in [-0.1, -0.05) is 256 Å². The number of aryl methyl sites for hydroxylation is 1. The molecule has 509 valence electrons. The van der Waals surface area contributed by atoms with Gasteiger partial charge in [-0.2, -0.15) is 0 Å². The number of aromatic nitrogens is 3. The zero-order valence-electron chi connectivity index (χ0n) is 58.5. The Bertz CT molecular complexity index is 4720. The first-order chi connectivity index (χ1) is 47.8. The van der Waals surface area contributed by atoms with Crippen LogP contribution in [0.1, 0.15) is 90.8 Å². The predicted molar refractivity (Wildman–Crippen MR) is 414 cm³/mol. The number of hydrogen-bond acceptors (Lipinski definition) is 3. The van der Waals surface area contributed by atoms with E-state index >= 15 is 0 Å². The molecule has 3 nitrogen and oxygen atoms in total. The van der Waals surface area contributed by atoms with Gasteiger partial charge < -0.3 is 15.0 Å². The summed E-state index contributed by atoms with van der Waals surface area (Å²) in [5.41, 5.74) is 29.5. The Hall–Kier alpha value is -9.18. The van der Waals surface area contributed by atoms with Gasteiger partial charge in [-0.3, -0.25) is 0 Å². The summed E-state index contributed by atoms with van der Waals surface area (Å²) in [5, 5.41) is 0. The van der Waals surface area contributed by atoms with Crippen molar-refractivity contribution >= 4 is 0 Å². The summed E-state index contributed by atoms with van der Waals surface area (Å²) in [6.45, 7) is 15.8. The first kappa shape index (κ1) is 76.0. The summed E-state index contributed by atoms with van der Waals surface area (Å²) in [6, 6.07) is 118. The van der Waals surface area contributed by atoms with Crippen LogP contribution in [0.2, 0.25) is 0 Å². The molecule has 101 heavy (non-hydrogen) atoms. The van der Waals surface area contributed by atoms with Crippen LogP contribution in [-0.2, 0) is 77.6 Å². The largest absolute Gasteiger partial charge is 0.305 e. The molecule has 11 aromatic carbocycles. The number of rotatable bonds is 16. The van der Waals surface area contributed by atoms with E-state index in [1.807, 2.05) is 91.4 Å². The Morgan fingerprint density at radius 1 is 0.257 bits per heavy atom. The van der Waals surface area contributed by atoms with Crippen molar-refractivity contribution in [2.45, 2.75) is 91.4 Å². The Balaban J connectivity index is 0.000000178. The van der Waals surface area contributed by atoms with Crippen molar-refractivity contribution in [3.05, 3.63) is 357 Å². The number of unbranched alkanes of at least 4 members (excludes halogenated alkanes) is 3. The monoisotopic (exact) mass is 1850 g/mol. The van der Waals surface area contributed by atoms with Crippen molar-refractivity contribution in [2.75, 3.05) is 0 Å². The maximum atomic E-state index is 4.54. The van der Waals surface area contributed by atoms with Crippen molar-refractivity contribution < 1.29 is 60.3 Å². The van der Waals surface area contributed by atoms with Gasteiger partial charge in [0.05, 0.1) is 0 Å². The molecule has 0 fully saturated rings. The van der Waals surface area contributed by atoms with Crippen LogP contribution in [-0.4, -0.2) is 15.0 Å². The van der Waals surface area contributed by atoms with E-state index in [4.69, 9.17) is 0 Å². The molecular formula is C95H84Ir3N3-3. The van der Waals surface area contributed by atoms with Crippen LogP contribution in [0.15, 0.2) is 322 Å². The van der Waals surface area contributed by atoms with E-state index < -0.39 is 0 Å². The molecule has 0 aliphatic rings. The maximum absolute atomic E-state index is 4.54. The summed E-state index contributed by atoms with van der Waals surface area (Å²) in [5.74, 6) is 0. The van der Waals surface area contributed by atoms with Gasteiger partial charge in [-0.25, -0.2) is 0 Å². The van der Waals surface area contributed by atoms with E-state index in [0.717, 1.165) is 44.9 Å². The third-order valence-corrected chi connectivity index (χ3v) is 17.9. The minimum atomic E-state index is 0. The van der Waals surface area contributed by atoms with Crippen LogP contribution in [0.3, 0.4) is 0 Å². The van der Waals surface area contributed by atoms with E-state index in [2.05, 4.69) is 312 Å². The second-order valence-corrected chi connectivity index (χ2v) is 27.2. The molecule has 6 heteroatoms. The molecule has 14 rings (SSSR count). The average Bonchev–Trinajstić information content (AvgIpc) is 0.801. The van der Waals surface area contributed by atoms with Crippen molar-refractivity contribution in [3.63, 3.8) is 0 Å². The number of hydrogen-bond donors (Lipinski definition) is 0. The summed E-state index contributed by atoms with van der Waals surface area (Å²) >= 11 is 0. The minimum Gasteiger partial charge on any atom is -0.305 e. The molecule has 14 aromatic rings. The Morgan fingerprint density at radius 3 is 0.901 bits per heavy atom. The molecule has 0 unspecified atom stereocenters. The Kier molecular flexibility index (Phi) is 27.4. The molecule has 3 heterocycles. The standard InChI is InChI=1S/C37H36N.C35H24N.C23H24N.3Ir/c1-36(2,3)33-17-13-26(14-18-33)30-23-31(27-15-19-34(20-16-27)37(4,5)6)25-32(24-30)28-10-9-11-29(22-28)35-12-7-8-21-38-35;1-3-11-26(12-4-1)32-23-33(27-13-5-2-6-14-27)25-34(24-32)30-17-9-15-28(21-30)29-16-10-18-31(22-29)35-19-7-8-20-36-35;1-2-3-4-5-9-19-13-15-20(16-14-19)21-10-8-11-22(18-21)23-12-6-7-17-24-23;;;/h7-10,12-25H,1-6H3;1-17,19-25H;6-8,10,12-18H,2-5,9H2,1H3;;;/q3*-1;;;. The molecule has 3 aromatic heterocycles. The molecule has 0 saturated carbocycles. The summed E-state index contributed by atoms with van der Waals surface area (Å²) in [4.78, 5) is 13.4. The van der Waals surface area contributed by atoms with E-state index in [-0.39, 0.29) is 71.1 Å². The van der Waals surface area contributed by atoms with E-state index in [9.17, 15) is 0 Å². The minimum absolute atomic E-state index is 0. The zero-order valence-corrected chi connectivity index (χ0v) is 65.7. The SMILES string of the molecule is CC(C)(C)c1ccc(-c2cc(-c3ccc(C(C)(C)C)cc3)cc(-c3cc[c-]c(-c4ccccn4)c3)c2)cc1.CCCCCCc1ccc(-c2cc[c-]c(-c3ccccn3)c2)cc1.[Ir].[Ir].[Ir].[c-]1ccc(-c2cccc(-c3cc(-c4ccccc4)cc(-c4ccccc4)c3)c2)cc1-c1ccccn1. The van der Waals surface area contributed by atoms with E-state index in [1.54, 1.807) is 0 Å². The smallest absolute Gasteiger partial charge is 0.0160 e. The van der Waals surface area contributed by atoms with Crippen LogP contribution < -0.4 is 0 Å². The quantitative estimate of drug-likeness (QED) is 0.0715. The molecule has 0 atom stereocenters. The first-order valence-electron chi connectivity index (χ1n) is 34.4. The summed E-state index contributed by atoms with van der Waals surface area (Å²) in [7, 11) is 0. The second-order valence-electron chi connectivity index (χ2n) is 27.2. The fraction of sp³-hybridized carbons (Fsp3) is 0.147. The number of nitrogens with zero attached hydrogens (tertiary/aromatic N) is 3. The first-order valence-corrected chi connectivity index (χ1v) is 34.4. The molecule has 0 N–H and O–H groups in total. The third-order valence-electron chi connectivity index (χ3n) is 17.9. The van der Waals surface area contributed by atoms with Crippen molar-refractivity contribution in [1.82, 2.24) is 15.0 Å². The number of pyridine rings is 3. The molecule has 3 radical (unpaired) electrons. The Labute approximate surface area is 640 Å². The predicted octanol–water partition coefficient (Wildman–Crippen LogP) is 25.7. The number of benzene rings is 11. The van der Waals surface area contributed by atoms with Crippen LogP contribution in [0.5, 0.6) is 0 Å². The van der Waals surface area contributed by atoms with Gasteiger partial charge in [0.15, 0.2) is 0 Å². The summed E-state index contributed by atoms with van der Waals surface area (Å²) in [6.07, 6.45) is 11.9. The molecule has 0 bridgehead atoms. The van der Waals surface area contributed by atoms with Gasteiger partial charge in [0.25, 0.3) is 0 Å². The van der Waals surface area contributed by atoms with Gasteiger partial charge in [0, 0.05) is 78.9 Å². The molecule has 0 aliphatic heterocycles. The maximum Gasteiger partial charge on any atom is 0.0160 e. The molecule has 0 amide bonds. The molecule has 0 aliphatic carbocycles. The van der Waals surface area contributed by atoms with E-state index in [1.165, 1.54) is 127 Å². The van der Waals surface area contributed by atoms with Crippen LogP contribution >= 0.6 is 0 Å². The van der Waals surface area contributed by atoms with Crippen LogP contribution in [0, 0.1) is 18.2 Å². The summed E-state index contributed by atoms with van der Waals surface area (Å²) < 4.78 is 0. The van der Waals surface area contributed by atoms with Crippen LogP contribution in [0.4, 0.5) is 0 Å². The van der Waals surface area contributed by atoms with Crippen LogP contribution in [0.25, 0.3) is 123 Å². The topological polar surface area (TPSA) is 38.7 Å². The normalized spacial score (nSPS) is 10.9. The van der Waals surface area contributed by atoms with Gasteiger partial charge in [0.2, 0.25) is 0 Å². The average molecular weight is 1840 g/mol. The van der Waals surface area contributed by atoms with E-state index in [0.29, 0.717) is 0 Å². The van der Waals surface area contributed by atoms with Gasteiger partial charge in [-0.15, -0.1) is 106 Å². The Morgan fingerprint density at radius 2 is 0.545 bits per heavy atom. The fourth-order valence-corrected chi connectivity index (χ4v) is 12.3. The molecule has 0 saturated heterocycles. The zero-order chi connectivity index (χ0) is 67.7. The third kappa shape index (κ3) is 20.5. The van der Waals surface area contributed by atoms with Crippen molar-refractivity contribution in [2.24, 2.45) is 0 Å².